The van der Waals surface area contributed by atoms with Gasteiger partial charge in [-0.25, -0.2) is 4.98 Å². The van der Waals surface area contributed by atoms with Gasteiger partial charge in [-0.3, -0.25) is 4.79 Å². The van der Waals surface area contributed by atoms with Crippen LogP contribution in [-0.2, 0) is 4.74 Å². The molecule has 1 saturated carbocycles. The van der Waals surface area contributed by atoms with Crippen molar-refractivity contribution in [3.63, 3.8) is 0 Å². The number of hydrogen-bond donors (Lipinski definition) is 0. The van der Waals surface area contributed by atoms with Gasteiger partial charge in [-0.05, 0) is 19.3 Å². The minimum Gasteiger partial charge on any atom is -0.374 e. The topological polar surface area (TPSA) is 42.4 Å². The predicted molar refractivity (Wildman–Crippen MR) is 86.0 cm³/mol. The van der Waals surface area contributed by atoms with Crippen LogP contribution < -0.4 is 0 Å². The number of benzene rings is 1. The summed E-state index contributed by atoms with van der Waals surface area (Å²) in [5.41, 5.74) is 1.06. The third-order valence-electron chi connectivity index (χ3n) is 4.48. The molecule has 4 nitrogen and oxygen atoms in total. The maximum atomic E-state index is 12.8. The Morgan fingerprint density at radius 3 is 3.00 bits per heavy atom. The first-order valence-electron chi connectivity index (χ1n) is 7.77. The highest BCUT2D eigenvalue weighted by Crippen LogP contribution is 2.32. The van der Waals surface area contributed by atoms with Crippen molar-refractivity contribution in [2.24, 2.45) is 0 Å². The second-order valence-corrected chi connectivity index (χ2v) is 6.83. The summed E-state index contributed by atoms with van der Waals surface area (Å²) in [6.45, 7) is 1.34. The second-order valence-electron chi connectivity index (χ2n) is 5.80. The Balaban J connectivity index is 1.57. The van der Waals surface area contributed by atoms with Crippen molar-refractivity contribution in [2.75, 3.05) is 13.2 Å². The number of nitrogens with zero attached hydrogens (tertiary/aromatic N) is 2. The van der Waals surface area contributed by atoms with Gasteiger partial charge in [0.15, 0.2) is 0 Å². The standard InChI is InChI=1S/C17H18N2O2S/c20-17(19-9-10-21-14-8-4-7-13(14)19)15-11-18-16(22-15)12-5-2-1-3-6-12/h1-3,5-6,11,13-14H,4,7-10H2/t13-,14+/m0/s1. The van der Waals surface area contributed by atoms with E-state index in [-0.39, 0.29) is 18.1 Å². The first-order chi connectivity index (χ1) is 10.8. The number of aromatic nitrogens is 1. The van der Waals surface area contributed by atoms with Gasteiger partial charge in [0.1, 0.15) is 9.88 Å². The van der Waals surface area contributed by atoms with Crippen molar-refractivity contribution in [3.05, 3.63) is 41.4 Å². The molecule has 2 aliphatic rings. The average Bonchev–Trinajstić information content (AvgIpc) is 3.24. The van der Waals surface area contributed by atoms with E-state index in [4.69, 9.17) is 4.74 Å². The first kappa shape index (κ1) is 13.9. The van der Waals surface area contributed by atoms with Crippen LogP contribution in [0.4, 0.5) is 0 Å². The van der Waals surface area contributed by atoms with E-state index in [2.05, 4.69) is 4.98 Å². The fourth-order valence-electron chi connectivity index (χ4n) is 3.41. The number of morpholine rings is 1. The fourth-order valence-corrected chi connectivity index (χ4v) is 4.28. The third kappa shape index (κ3) is 2.44. The zero-order chi connectivity index (χ0) is 14.9. The van der Waals surface area contributed by atoms with Gasteiger partial charge in [-0.2, -0.15) is 0 Å². The van der Waals surface area contributed by atoms with Crippen LogP contribution in [0.2, 0.25) is 0 Å². The Morgan fingerprint density at radius 1 is 1.27 bits per heavy atom. The Bertz CT molecular complexity index is 670. The molecule has 0 bridgehead atoms. The van der Waals surface area contributed by atoms with Crippen LogP contribution in [0.15, 0.2) is 36.5 Å². The molecule has 2 heterocycles. The molecule has 114 valence electrons. The summed E-state index contributed by atoms with van der Waals surface area (Å²) in [5, 5.41) is 0.903. The Morgan fingerprint density at radius 2 is 2.14 bits per heavy atom. The molecule has 1 aliphatic heterocycles. The summed E-state index contributed by atoms with van der Waals surface area (Å²) < 4.78 is 5.79. The molecule has 1 saturated heterocycles. The highest BCUT2D eigenvalue weighted by Gasteiger charge is 2.39. The van der Waals surface area contributed by atoms with Gasteiger partial charge >= 0.3 is 0 Å². The van der Waals surface area contributed by atoms with Crippen LogP contribution in [0.1, 0.15) is 28.9 Å². The Hall–Kier alpha value is -1.72. The molecular weight excluding hydrogens is 296 g/mol. The summed E-state index contributed by atoms with van der Waals surface area (Å²) in [5.74, 6) is 0.111. The summed E-state index contributed by atoms with van der Waals surface area (Å²) in [7, 11) is 0. The largest absolute Gasteiger partial charge is 0.374 e. The molecule has 4 rings (SSSR count). The van der Waals surface area contributed by atoms with Gasteiger partial charge in [0.2, 0.25) is 0 Å². The summed E-state index contributed by atoms with van der Waals surface area (Å²) >= 11 is 1.48. The number of thiazole rings is 1. The van der Waals surface area contributed by atoms with Gasteiger partial charge in [-0.1, -0.05) is 30.3 Å². The van der Waals surface area contributed by atoms with Gasteiger partial charge in [0.25, 0.3) is 5.91 Å². The van der Waals surface area contributed by atoms with E-state index in [0.717, 1.165) is 34.7 Å². The Labute approximate surface area is 133 Å². The number of fused-ring (bicyclic) bond motifs is 1. The molecule has 1 amide bonds. The molecule has 0 unspecified atom stereocenters. The summed E-state index contributed by atoms with van der Waals surface area (Å²) in [6, 6.07) is 10.3. The van der Waals surface area contributed by atoms with Gasteiger partial charge in [0, 0.05) is 12.1 Å². The maximum Gasteiger partial charge on any atom is 0.266 e. The molecule has 22 heavy (non-hydrogen) atoms. The third-order valence-corrected chi connectivity index (χ3v) is 5.51. The molecule has 0 radical (unpaired) electrons. The van der Waals surface area contributed by atoms with Crippen molar-refractivity contribution in [2.45, 2.75) is 31.4 Å². The molecular formula is C17H18N2O2S. The zero-order valence-electron chi connectivity index (χ0n) is 12.3. The lowest BCUT2D eigenvalue weighted by atomic mass is 10.1. The first-order valence-corrected chi connectivity index (χ1v) is 8.58. The van der Waals surface area contributed by atoms with Crippen molar-refractivity contribution in [1.29, 1.82) is 0 Å². The van der Waals surface area contributed by atoms with E-state index in [9.17, 15) is 4.79 Å². The number of carbonyl (C=O) groups excluding carboxylic acids is 1. The van der Waals surface area contributed by atoms with Crippen LogP contribution in [-0.4, -0.2) is 41.1 Å². The smallest absolute Gasteiger partial charge is 0.266 e. The SMILES string of the molecule is O=C(c1cnc(-c2ccccc2)s1)N1CCO[C@@H]2CCC[C@@H]21. The van der Waals surface area contributed by atoms with Crippen molar-refractivity contribution < 1.29 is 9.53 Å². The number of amides is 1. The quantitative estimate of drug-likeness (QED) is 0.855. The van der Waals surface area contributed by atoms with Crippen LogP contribution in [0.3, 0.4) is 0 Å². The summed E-state index contributed by atoms with van der Waals surface area (Å²) in [4.78, 5) is 20.0. The van der Waals surface area contributed by atoms with Crippen molar-refractivity contribution in [3.8, 4) is 10.6 Å². The molecule has 0 spiro atoms. The van der Waals surface area contributed by atoms with E-state index in [0.29, 0.717) is 13.2 Å². The number of carbonyl (C=O) groups is 1. The lowest BCUT2D eigenvalue weighted by Crippen LogP contribution is -2.51. The highest BCUT2D eigenvalue weighted by molar-refractivity contribution is 7.16. The molecule has 2 fully saturated rings. The van der Waals surface area contributed by atoms with Crippen molar-refractivity contribution in [1.82, 2.24) is 9.88 Å². The van der Waals surface area contributed by atoms with Gasteiger partial charge in [0.05, 0.1) is 24.9 Å². The predicted octanol–water partition coefficient (Wildman–Crippen LogP) is 3.20. The minimum absolute atomic E-state index is 0.111. The molecule has 2 aromatic rings. The molecule has 0 N–H and O–H groups in total. The zero-order valence-corrected chi connectivity index (χ0v) is 13.1. The molecule has 1 aliphatic carbocycles. The number of ether oxygens (including phenoxy) is 1. The summed E-state index contributed by atoms with van der Waals surface area (Å²) in [6.07, 6.45) is 5.23. The van der Waals surface area contributed by atoms with Crippen LogP contribution >= 0.6 is 11.3 Å². The van der Waals surface area contributed by atoms with Gasteiger partial charge < -0.3 is 9.64 Å². The minimum atomic E-state index is 0.111. The lowest BCUT2D eigenvalue weighted by molar-refractivity contribution is -0.0443. The Kier molecular flexibility index (Phi) is 3.68. The molecule has 1 aromatic carbocycles. The van der Waals surface area contributed by atoms with Crippen molar-refractivity contribution >= 4 is 17.2 Å². The van der Waals surface area contributed by atoms with Gasteiger partial charge in [-0.15, -0.1) is 11.3 Å². The second kappa shape index (κ2) is 5.82. The monoisotopic (exact) mass is 314 g/mol. The number of rotatable bonds is 2. The van der Waals surface area contributed by atoms with E-state index in [1.165, 1.54) is 11.3 Å². The normalized spacial score (nSPS) is 24.3. The van der Waals surface area contributed by atoms with E-state index >= 15 is 0 Å². The fraction of sp³-hybridized carbons (Fsp3) is 0.412. The van der Waals surface area contributed by atoms with Crippen LogP contribution in [0, 0.1) is 0 Å². The van der Waals surface area contributed by atoms with E-state index < -0.39 is 0 Å². The molecule has 1 aromatic heterocycles. The van der Waals surface area contributed by atoms with Crippen LogP contribution in [0.25, 0.3) is 10.6 Å². The maximum absolute atomic E-state index is 12.8. The highest BCUT2D eigenvalue weighted by atomic mass is 32.1. The average molecular weight is 314 g/mol. The van der Waals surface area contributed by atoms with E-state index in [1.807, 2.05) is 35.2 Å². The number of hydrogen-bond acceptors (Lipinski definition) is 4. The van der Waals surface area contributed by atoms with Crippen LogP contribution in [0.5, 0.6) is 0 Å². The molecule has 2 atom stereocenters. The lowest BCUT2D eigenvalue weighted by Gasteiger charge is -2.37. The van der Waals surface area contributed by atoms with E-state index in [1.54, 1.807) is 6.20 Å². The molecule has 5 heteroatoms.